The third-order valence-electron chi connectivity index (χ3n) is 4.28. The second-order valence-corrected chi connectivity index (χ2v) is 6.28. The molecule has 22 heavy (non-hydrogen) atoms. The van der Waals surface area contributed by atoms with Gasteiger partial charge in [-0.2, -0.15) is 0 Å². The number of hydrogen-bond acceptors (Lipinski definition) is 4. The van der Waals surface area contributed by atoms with Gasteiger partial charge in [-0.3, -0.25) is 9.78 Å². The zero-order valence-electron chi connectivity index (χ0n) is 13.8. The van der Waals surface area contributed by atoms with Crippen LogP contribution in [0.3, 0.4) is 0 Å². The molecule has 1 amide bonds. The van der Waals surface area contributed by atoms with Crippen LogP contribution < -0.4 is 10.6 Å². The van der Waals surface area contributed by atoms with Gasteiger partial charge in [0.2, 0.25) is 5.91 Å². The Morgan fingerprint density at radius 2 is 2.32 bits per heavy atom. The second kappa shape index (κ2) is 8.73. The molecule has 0 aromatic carbocycles. The molecule has 1 aromatic rings. The lowest BCUT2D eigenvalue weighted by Gasteiger charge is -2.29. The van der Waals surface area contributed by atoms with Crippen LogP contribution in [0.15, 0.2) is 18.5 Å². The minimum atomic E-state index is 0.168. The monoisotopic (exact) mass is 304 g/mol. The molecule has 0 saturated carbocycles. The van der Waals surface area contributed by atoms with Crippen LogP contribution in [0, 0.1) is 12.8 Å². The van der Waals surface area contributed by atoms with E-state index < -0.39 is 0 Å². The fraction of sp³-hybridized carbons (Fsp3) is 0.647. The van der Waals surface area contributed by atoms with E-state index in [1.165, 1.54) is 19.4 Å². The number of piperidine rings is 1. The lowest BCUT2D eigenvalue weighted by molar-refractivity contribution is -0.121. The maximum atomic E-state index is 11.9. The third-order valence-corrected chi connectivity index (χ3v) is 4.28. The van der Waals surface area contributed by atoms with Gasteiger partial charge in [0, 0.05) is 44.1 Å². The van der Waals surface area contributed by atoms with Crippen molar-refractivity contribution >= 4 is 11.6 Å². The molecule has 0 aliphatic carbocycles. The number of carbonyl (C=O) groups excluding carboxylic acids is 1. The van der Waals surface area contributed by atoms with E-state index in [1.54, 1.807) is 6.20 Å². The Bertz CT molecular complexity index is 477. The molecule has 1 aliphatic heterocycles. The number of amides is 1. The number of anilines is 1. The zero-order valence-corrected chi connectivity index (χ0v) is 13.8. The molecule has 2 rings (SSSR count). The molecular weight excluding hydrogens is 276 g/mol. The van der Waals surface area contributed by atoms with Crippen molar-refractivity contribution in [2.75, 3.05) is 38.5 Å². The average Bonchev–Trinajstić information content (AvgIpc) is 2.51. The Morgan fingerprint density at radius 1 is 1.45 bits per heavy atom. The summed E-state index contributed by atoms with van der Waals surface area (Å²) >= 11 is 0. The summed E-state index contributed by atoms with van der Waals surface area (Å²) in [5.74, 6) is 0.851. The highest BCUT2D eigenvalue weighted by molar-refractivity contribution is 5.75. The van der Waals surface area contributed by atoms with Crippen molar-refractivity contribution in [2.24, 2.45) is 5.92 Å². The lowest BCUT2D eigenvalue weighted by atomic mass is 9.93. The topological polar surface area (TPSA) is 57.3 Å². The molecule has 1 aromatic heterocycles. The molecule has 1 aliphatic rings. The average molecular weight is 304 g/mol. The maximum absolute atomic E-state index is 11.9. The van der Waals surface area contributed by atoms with E-state index >= 15 is 0 Å². The summed E-state index contributed by atoms with van der Waals surface area (Å²) in [6, 6.07) is 1.96. The molecule has 2 heterocycles. The van der Waals surface area contributed by atoms with Crippen LogP contribution in [0.1, 0.15) is 31.2 Å². The van der Waals surface area contributed by atoms with Gasteiger partial charge in [-0.05, 0) is 57.3 Å². The Morgan fingerprint density at radius 3 is 3.09 bits per heavy atom. The second-order valence-electron chi connectivity index (χ2n) is 6.28. The molecule has 0 bridgehead atoms. The first-order chi connectivity index (χ1) is 10.6. The minimum absolute atomic E-state index is 0.168. The predicted octanol–water partition coefficient (Wildman–Crippen LogP) is 2.04. The number of nitrogens with zero attached hydrogens (tertiary/aromatic N) is 2. The van der Waals surface area contributed by atoms with Crippen molar-refractivity contribution in [3.8, 4) is 0 Å². The van der Waals surface area contributed by atoms with Crippen molar-refractivity contribution in [2.45, 2.75) is 32.6 Å². The highest BCUT2D eigenvalue weighted by atomic mass is 16.1. The number of likely N-dealkylation sites (tertiary alicyclic amines) is 1. The minimum Gasteiger partial charge on any atom is -0.383 e. The summed E-state index contributed by atoms with van der Waals surface area (Å²) in [6.07, 6.45) is 7.79. The number of pyridine rings is 1. The van der Waals surface area contributed by atoms with Crippen LogP contribution in [-0.2, 0) is 4.79 Å². The van der Waals surface area contributed by atoms with Gasteiger partial charge in [-0.15, -0.1) is 0 Å². The number of hydrogen-bond donors (Lipinski definition) is 2. The lowest BCUT2D eigenvalue weighted by Crippen LogP contribution is -2.33. The van der Waals surface area contributed by atoms with Gasteiger partial charge >= 0.3 is 0 Å². The summed E-state index contributed by atoms with van der Waals surface area (Å²) in [4.78, 5) is 18.3. The molecule has 1 saturated heterocycles. The zero-order chi connectivity index (χ0) is 15.8. The molecule has 122 valence electrons. The highest BCUT2D eigenvalue weighted by Crippen LogP contribution is 2.19. The Hall–Kier alpha value is -1.62. The van der Waals surface area contributed by atoms with Gasteiger partial charge in [0.05, 0.1) is 0 Å². The molecule has 0 radical (unpaired) electrons. The number of aromatic nitrogens is 1. The van der Waals surface area contributed by atoms with Crippen molar-refractivity contribution in [3.05, 3.63) is 24.0 Å². The maximum Gasteiger partial charge on any atom is 0.220 e. The van der Waals surface area contributed by atoms with Crippen molar-refractivity contribution in [3.63, 3.8) is 0 Å². The summed E-state index contributed by atoms with van der Waals surface area (Å²) in [5, 5.41) is 6.31. The van der Waals surface area contributed by atoms with E-state index in [4.69, 9.17) is 0 Å². The van der Waals surface area contributed by atoms with Crippen molar-refractivity contribution < 1.29 is 4.79 Å². The molecule has 2 N–H and O–H groups in total. The van der Waals surface area contributed by atoms with E-state index in [9.17, 15) is 4.79 Å². The first-order valence-electron chi connectivity index (χ1n) is 8.25. The molecule has 5 nitrogen and oxygen atoms in total. The molecule has 5 heteroatoms. The van der Waals surface area contributed by atoms with Crippen LogP contribution in [0.4, 0.5) is 5.69 Å². The van der Waals surface area contributed by atoms with Crippen LogP contribution in [0.5, 0.6) is 0 Å². The molecular formula is C17H28N4O. The van der Waals surface area contributed by atoms with Gasteiger partial charge in [-0.1, -0.05) is 0 Å². The first kappa shape index (κ1) is 16.7. The van der Waals surface area contributed by atoms with E-state index in [-0.39, 0.29) is 5.91 Å². The quantitative estimate of drug-likeness (QED) is 0.757. The van der Waals surface area contributed by atoms with E-state index in [2.05, 4.69) is 27.6 Å². The first-order valence-corrected chi connectivity index (χ1v) is 8.25. The van der Waals surface area contributed by atoms with Crippen LogP contribution in [-0.4, -0.2) is 49.0 Å². The largest absolute Gasteiger partial charge is 0.383 e. The fourth-order valence-electron chi connectivity index (χ4n) is 3.00. The van der Waals surface area contributed by atoms with Crippen molar-refractivity contribution in [1.82, 2.24) is 15.2 Å². The number of nitrogens with one attached hydrogen (secondary N) is 2. The summed E-state index contributed by atoms with van der Waals surface area (Å²) in [7, 11) is 2.17. The smallest absolute Gasteiger partial charge is 0.220 e. The van der Waals surface area contributed by atoms with Crippen LogP contribution in [0.25, 0.3) is 0 Å². The molecule has 1 atom stereocenters. The highest BCUT2D eigenvalue weighted by Gasteiger charge is 2.17. The standard InChI is InChI=1S/C17H28N4O/c1-14-12-18-8-7-16(14)19-9-10-20-17(22)6-5-15-4-3-11-21(2)13-15/h7-8,12,15H,3-6,9-11,13H2,1-2H3,(H,18,19)(H,20,22). The van der Waals surface area contributed by atoms with Gasteiger partial charge in [0.1, 0.15) is 0 Å². The fourth-order valence-corrected chi connectivity index (χ4v) is 3.00. The van der Waals surface area contributed by atoms with E-state index in [0.717, 1.165) is 30.8 Å². The molecule has 1 fully saturated rings. The van der Waals surface area contributed by atoms with Gasteiger partial charge in [-0.25, -0.2) is 0 Å². The summed E-state index contributed by atoms with van der Waals surface area (Å²) in [5.41, 5.74) is 2.20. The number of aryl methyl sites for hydroxylation is 1. The number of carbonyl (C=O) groups is 1. The van der Waals surface area contributed by atoms with Crippen molar-refractivity contribution in [1.29, 1.82) is 0 Å². The molecule has 1 unspecified atom stereocenters. The van der Waals surface area contributed by atoms with Gasteiger partial charge in [0.15, 0.2) is 0 Å². The number of rotatable bonds is 7. The van der Waals surface area contributed by atoms with Crippen LogP contribution in [0.2, 0.25) is 0 Å². The SMILES string of the molecule is Cc1cnccc1NCCNC(=O)CCC1CCCN(C)C1. The van der Waals surface area contributed by atoms with E-state index in [1.807, 2.05) is 19.2 Å². The Balaban J connectivity index is 1.57. The summed E-state index contributed by atoms with van der Waals surface area (Å²) in [6.45, 7) is 5.75. The van der Waals surface area contributed by atoms with Gasteiger partial charge in [0.25, 0.3) is 0 Å². The Labute approximate surface area is 133 Å². The van der Waals surface area contributed by atoms with E-state index in [0.29, 0.717) is 18.9 Å². The Kier molecular flexibility index (Phi) is 6.65. The van der Waals surface area contributed by atoms with Gasteiger partial charge < -0.3 is 15.5 Å². The normalized spacial score (nSPS) is 18.9. The molecule has 0 spiro atoms. The summed E-state index contributed by atoms with van der Waals surface area (Å²) < 4.78 is 0. The third kappa shape index (κ3) is 5.64. The predicted molar refractivity (Wildman–Crippen MR) is 89.9 cm³/mol. The van der Waals surface area contributed by atoms with Crippen LogP contribution >= 0.6 is 0 Å².